The highest BCUT2D eigenvalue weighted by Crippen LogP contribution is 2.18. The Balaban J connectivity index is 1.95. The van der Waals surface area contributed by atoms with Crippen molar-refractivity contribution in [1.29, 1.82) is 0 Å². The van der Waals surface area contributed by atoms with Gasteiger partial charge in [0.1, 0.15) is 17.2 Å². The molecular weight excluding hydrogens is 272 g/mol. The van der Waals surface area contributed by atoms with Gasteiger partial charge in [0.2, 0.25) is 5.95 Å². The fraction of sp³-hybridized carbons (Fsp3) is 0.615. The van der Waals surface area contributed by atoms with E-state index in [1.165, 1.54) is 0 Å². The van der Waals surface area contributed by atoms with E-state index < -0.39 is 5.60 Å². The number of nitrogens with zero attached hydrogens (tertiary/aromatic N) is 4. The summed E-state index contributed by atoms with van der Waals surface area (Å²) in [4.78, 5) is 23.7. The lowest BCUT2D eigenvalue weighted by molar-refractivity contribution is 0.0240. The number of hydrogen-bond acceptors (Lipinski definition) is 7. The Morgan fingerprint density at radius 2 is 1.81 bits per heavy atom. The zero-order valence-electron chi connectivity index (χ0n) is 12.7. The van der Waals surface area contributed by atoms with Gasteiger partial charge < -0.3 is 26.0 Å². The summed E-state index contributed by atoms with van der Waals surface area (Å²) >= 11 is 0. The molecule has 0 radical (unpaired) electrons. The average Bonchev–Trinajstić information content (AvgIpc) is 2.35. The van der Waals surface area contributed by atoms with Crippen LogP contribution >= 0.6 is 0 Å². The van der Waals surface area contributed by atoms with E-state index in [9.17, 15) is 4.79 Å². The number of aromatic nitrogens is 2. The van der Waals surface area contributed by atoms with Gasteiger partial charge in [0.05, 0.1) is 0 Å². The summed E-state index contributed by atoms with van der Waals surface area (Å²) in [5, 5.41) is 0. The van der Waals surface area contributed by atoms with Crippen molar-refractivity contribution in [3.05, 3.63) is 6.07 Å². The van der Waals surface area contributed by atoms with Gasteiger partial charge in [-0.1, -0.05) is 0 Å². The number of carbonyl (C=O) groups excluding carboxylic acids is 1. The van der Waals surface area contributed by atoms with Crippen LogP contribution in [0.1, 0.15) is 20.8 Å². The second-order valence-corrected chi connectivity index (χ2v) is 5.96. The standard InChI is InChI=1S/C13H22N6O2/c1-13(2,3)21-12(20)19-6-4-18(5-7-19)10-8-9(14)16-11(15)17-10/h8H,4-7H2,1-3H3,(H4,14,15,16,17). The van der Waals surface area contributed by atoms with E-state index in [-0.39, 0.29) is 12.0 Å². The van der Waals surface area contributed by atoms with Gasteiger partial charge in [0, 0.05) is 32.2 Å². The van der Waals surface area contributed by atoms with E-state index >= 15 is 0 Å². The van der Waals surface area contributed by atoms with Crippen molar-refractivity contribution < 1.29 is 9.53 Å². The fourth-order valence-electron chi connectivity index (χ4n) is 2.08. The zero-order valence-corrected chi connectivity index (χ0v) is 12.7. The minimum atomic E-state index is -0.482. The third kappa shape index (κ3) is 4.11. The molecular formula is C13H22N6O2. The molecule has 1 amide bonds. The van der Waals surface area contributed by atoms with Crippen LogP contribution in [0, 0.1) is 0 Å². The first-order valence-corrected chi connectivity index (χ1v) is 6.87. The Kier molecular flexibility index (Phi) is 4.06. The molecule has 0 aromatic carbocycles. The number of carbonyl (C=O) groups is 1. The van der Waals surface area contributed by atoms with Gasteiger partial charge in [-0.2, -0.15) is 9.97 Å². The van der Waals surface area contributed by atoms with E-state index in [1.54, 1.807) is 11.0 Å². The number of ether oxygens (including phenoxy) is 1. The molecule has 2 heterocycles. The summed E-state index contributed by atoms with van der Waals surface area (Å²) in [7, 11) is 0. The molecule has 21 heavy (non-hydrogen) atoms. The molecule has 0 unspecified atom stereocenters. The highest BCUT2D eigenvalue weighted by Gasteiger charge is 2.26. The van der Waals surface area contributed by atoms with Crippen LogP contribution in [0.3, 0.4) is 0 Å². The summed E-state index contributed by atoms with van der Waals surface area (Å²) in [6.45, 7) is 8.00. The second-order valence-electron chi connectivity index (χ2n) is 5.96. The van der Waals surface area contributed by atoms with Gasteiger partial charge in [0.15, 0.2) is 0 Å². The van der Waals surface area contributed by atoms with E-state index in [2.05, 4.69) is 9.97 Å². The number of amides is 1. The van der Waals surface area contributed by atoms with Crippen LogP contribution in [-0.2, 0) is 4.74 Å². The number of rotatable bonds is 1. The first-order chi connectivity index (χ1) is 9.74. The topological polar surface area (TPSA) is 111 Å². The first-order valence-electron chi connectivity index (χ1n) is 6.87. The molecule has 0 aliphatic carbocycles. The van der Waals surface area contributed by atoms with Gasteiger partial charge in [-0.15, -0.1) is 0 Å². The molecule has 1 aromatic heterocycles. The van der Waals surface area contributed by atoms with Crippen molar-refractivity contribution in [2.45, 2.75) is 26.4 Å². The second kappa shape index (κ2) is 5.63. The van der Waals surface area contributed by atoms with Crippen molar-refractivity contribution in [1.82, 2.24) is 14.9 Å². The first kappa shape index (κ1) is 15.1. The van der Waals surface area contributed by atoms with E-state index in [0.29, 0.717) is 37.8 Å². The summed E-state index contributed by atoms with van der Waals surface area (Å²) in [5.74, 6) is 1.18. The largest absolute Gasteiger partial charge is 0.444 e. The summed E-state index contributed by atoms with van der Waals surface area (Å²) in [6, 6.07) is 1.68. The molecule has 2 rings (SSSR count). The number of hydrogen-bond donors (Lipinski definition) is 2. The molecule has 1 fully saturated rings. The van der Waals surface area contributed by atoms with Crippen LogP contribution in [0.25, 0.3) is 0 Å². The maximum absolute atomic E-state index is 12.0. The molecule has 0 bridgehead atoms. The molecule has 8 heteroatoms. The number of piperazine rings is 1. The Bertz CT molecular complexity index is 500. The predicted octanol–water partition coefficient (Wildman–Crippen LogP) is 0.698. The number of nitrogens with two attached hydrogens (primary N) is 2. The van der Waals surface area contributed by atoms with Gasteiger partial charge in [-0.05, 0) is 20.8 Å². The monoisotopic (exact) mass is 294 g/mol. The third-order valence-corrected chi connectivity index (χ3v) is 3.01. The van der Waals surface area contributed by atoms with Crippen LogP contribution in [0.2, 0.25) is 0 Å². The normalized spacial score (nSPS) is 16.0. The Labute approximate surface area is 124 Å². The van der Waals surface area contributed by atoms with E-state index in [1.807, 2.05) is 25.7 Å². The van der Waals surface area contributed by atoms with Crippen molar-refractivity contribution >= 4 is 23.7 Å². The van der Waals surface area contributed by atoms with Gasteiger partial charge in [-0.3, -0.25) is 0 Å². The highest BCUT2D eigenvalue weighted by molar-refractivity contribution is 5.68. The molecule has 1 saturated heterocycles. The van der Waals surface area contributed by atoms with Crippen molar-refractivity contribution in [2.75, 3.05) is 42.5 Å². The molecule has 1 aromatic rings. The van der Waals surface area contributed by atoms with Crippen molar-refractivity contribution in [3.63, 3.8) is 0 Å². The molecule has 4 N–H and O–H groups in total. The van der Waals surface area contributed by atoms with Crippen LogP contribution in [0.4, 0.5) is 22.4 Å². The maximum Gasteiger partial charge on any atom is 0.410 e. The molecule has 1 aliphatic heterocycles. The number of nitrogen functional groups attached to an aromatic ring is 2. The molecule has 0 spiro atoms. The van der Waals surface area contributed by atoms with Gasteiger partial charge in [-0.25, -0.2) is 4.79 Å². The van der Waals surface area contributed by atoms with E-state index in [0.717, 1.165) is 0 Å². The third-order valence-electron chi connectivity index (χ3n) is 3.01. The molecule has 1 aliphatic rings. The van der Waals surface area contributed by atoms with Crippen LogP contribution in [0.15, 0.2) is 6.07 Å². The lowest BCUT2D eigenvalue weighted by Crippen LogP contribution is -2.50. The smallest absolute Gasteiger partial charge is 0.410 e. The minimum absolute atomic E-state index is 0.152. The predicted molar refractivity (Wildman–Crippen MR) is 80.9 cm³/mol. The Hall–Kier alpha value is -2.25. The molecule has 0 saturated carbocycles. The van der Waals surface area contributed by atoms with Crippen molar-refractivity contribution in [3.8, 4) is 0 Å². The Morgan fingerprint density at radius 3 is 2.33 bits per heavy atom. The molecule has 0 atom stereocenters. The lowest BCUT2D eigenvalue weighted by Gasteiger charge is -2.36. The Morgan fingerprint density at radius 1 is 1.19 bits per heavy atom. The molecule has 116 valence electrons. The zero-order chi connectivity index (χ0) is 15.6. The lowest BCUT2D eigenvalue weighted by atomic mass is 10.2. The molecule has 8 nitrogen and oxygen atoms in total. The fourth-order valence-corrected chi connectivity index (χ4v) is 2.08. The summed E-state index contributed by atoms with van der Waals surface area (Å²) < 4.78 is 5.36. The van der Waals surface area contributed by atoms with Gasteiger partial charge >= 0.3 is 6.09 Å². The SMILES string of the molecule is CC(C)(C)OC(=O)N1CCN(c2cc(N)nc(N)n2)CC1. The maximum atomic E-state index is 12.0. The highest BCUT2D eigenvalue weighted by atomic mass is 16.6. The van der Waals surface area contributed by atoms with Crippen LogP contribution < -0.4 is 16.4 Å². The quantitative estimate of drug-likeness (QED) is 0.784. The summed E-state index contributed by atoms with van der Waals surface area (Å²) in [6.07, 6.45) is -0.288. The average molecular weight is 294 g/mol. The van der Waals surface area contributed by atoms with Crippen LogP contribution in [0.5, 0.6) is 0 Å². The number of anilines is 3. The van der Waals surface area contributed by atoms with E-state index in [4.69, 9.17) is 16.2 Å². The minimum Gasteiger partial charge on any atom is -0.444 e. The van der Waals surface area contributed by atoms with Gasteiger partial charge in [0.25, 0.3) is 0 Å². The summed E-state index contributed by atoms with van der Waals surface area (Å²) in [5.41, 5.74) is 10.8. The van der Waals surface area contributed by atoms with Crippen LogP contribution in [-0.4, -0.2) is 52.7 Å². The van der Waals surface area contributed by atoms with Crippen molar-refractivity contribution in [2.24, 2.45) is 0 Å².